The van der Waals surface area contributed by atoms with Crippen molar-refractivity contribution in [2.45, 2.75) is 49.8 Å². The molecular formula is C24H26BrN3O8S. The number of nitro groups is 1. The number of nitrogens with one attached hydrogen (secondary N) is 2. The van der Waals surface area contributed by atoms with Crippen LogP contribution >= 0.6 is 15.9 Å². The van der Waals surface area contributed by atoms with Gasteiger partial charge in [0.25, 0.3) is 5.69 Å². The summed E-state index contributed by atoms with van der Waals surface area (Å²) < 4.78 is 40.2. The van der Waals surface area contributed by atoms with Gasteiger partial charge in [0, 0.05) is 16.6 Å². The molecule has 0 radical (unpaired) electrons. The van der Waals surface area contributed by atoms with E-state index in [0.717, 1.165) is 28.7 Å². The molecule has 37 heavy (non-hydrogen) atoms. The van der Waals surface area contributed by atoms with Gasteiger partial charge in [-0.2, -0.15) is 4.72 Å². The molecule has 0 unspecified atom stereocenters. The summed E-state index contributed by atoms with van der Waals surface area (Å²) in [5.41, 5.74) is -3.01. The van der Waals surface area contributed by atoms with E-state index in [-0.39, 0.29) is 16.3 Å². The Hall–Kier alpha value is -3.47. The van der Waals surface area contributed by atoms with Crippen LogP contribution in [0.15, 0.2) is 57.9 Å². The Balaban J connectivity index is 2.41. The molecule has 0 fully saturated rings. The lowest BCUT2D eigenvalue weighted by atomic mass is 9.97. The first-order chi connectivity index (χ1) is 17.1. The molecule has 0 heterocycles. The molecule has 11 nitrogen and oxygen atoms in total. The van der Waals surface area contributed by atoms with E-state index in [1.807, 2.05) is 0 Å². The smallest absolute Gasteiger partial charge is 0.325 e. The normalized spacial score (nSPS) is 13.9. The fourth-order valence-electron chi connectivity index (χ4n) is 2.94. The first-order valence-electron chi connectivity index (χ1n) is 10.7. The average Bonchev–Trinajstić information content (AvgIpc) is 2.81. The lowest BCUT2D eigenvalue weighted by Crippen LogP contribution is -2.61. The summed E-state index contributed by atoms with van der Waals surface area (Å²) in [4.78, 5) is 35.2. The van der Waals surface area contributed by atoms with E-state index in [4.69, 9.17) is 15.9 Å². The molecule has 0 saturated carbocycles. The van der Waals surface area contributed by atoms with Gasteiger partial charge in [-0.25, -0.2) is 8.42 Å². The molecule has 0 bridgehead atoms. The Labute approximate surface area is 223 Å². The molecule has 198 valence electrons. The maximum absolute atomic E-state index is 13.2. The fraction of sp³-hybridized carbons (Fsp3) is 0.333. The zero-order chi connectivity index (χ0) is 28.0. The molecule has 2 aromatic rings. The molecule has 0 spiro atoms. The van der Waals surface area contributed by atoms with E-state index in [1.54, 1.807) is 45.0 Å². The van der Waals surface area contributed by atoms with Crippen LogP contribution in [0.4, 0.5) is 5.69 Å². The number of sulfonamides is 1. The van der Waals surface area contributed by atoms with Crippen molar-refractivity contribution in [3.63, 3.8) is 0 Å². The Bertz CT molecular complexity index is 1300. The van der Waals surface area contributed by atoms with Crippen LogP contribution in [0, 0.1) is 22.5 Å². The number of benzene rings is 2. The summed E-state index contributed by atoms with van der Waals surface area (Å²) in [6, 6.07) is 8.73. The van der Waals surface area contributed by atoms with Crippen molar-refractivity contribution in [1.29, 1.82) is 0 Å². The molecule has 2 atom stereocenters. The number of halogens is 1. The highest BCUT2D eigenvalue weighted by Crippen LogP contribution is 2.25. The second-order valence-corrected chi connectivity index (χ2v) is 11.5. The van der Waals surface area contributed by atoms with Crippen LogP contribution in [-0.2, 0) is 24.3 Å². The number of hydrogen-bond acceptors (Lipinski definition) is 8. The predicted octanol–water partition coefficient (Wildman–Crippen LogP) is 2.93. The van der Waals surface area contributed by atoms with E-state index in [0.29, 0.717) is 0 Å². The van der Waals surface area contributed by atoms with Crippen LogP contribution < -0.4 is 14.8 Å². The molecule has 0 aliphatic carbocycles. The molecular weight excluding hydrogens is 570 g/mol. The van der Waals surface area contributed by atoms with Gasteiger partial charge in [0.05, 0.1) is 9.82 Å². The maximum atomic E-state index is 13.2. The number of amides is 1. The topological polar surface area (TPSA) is 154 Å². The zero-order valence-electron chi connectivity index (χ0n) is 20.5. The number of carbonyl (C=O) groups excluding carboxylic acids is 2. The van der Waals surface area contributed by atoms with Crippen LogP contribution in [-0.4, -0.2) is 49.0 Å². The maximum Gasteiger partial charge on any atom is 0.325 e. The summed E-state index contributed by atoms with van der Waals surface area (Å²) in [5, 5.41) is 13.2. The van der Waals surface area contributed by atoms with Crippen LogP contribution in [0.2, 0.25) is 0 Å². The summed E-state index contributed by atoms with van der Waals surface area (Å²) >= 11 is 3.29. The third kappa shape index (κ3) is 8.56. The van der Waals surface area contributed by atoms with Crippen LogP contribution in [0.3, 0.4) is 0 Å². The second kappa shape index (κ2) is 11.7. The Morgan fingerprint density at radius 2 is 1.68 bits per heavy atom. The first-order valence-corrected chi connectivity index (χ1v) is 13.0. The second-order valence-electron chi connectivity index (χ2n) is 8.92. The predicted molar refractivity (Wildman–Crippen MR) is 138 cm³/mol. The molecule has 2 N–H and O–H groups in total. The SMILES string of the molecule is C#C[C@@](C)(Oc1ccc(Br)cc1)[C@H](NS(=O)(=O)c1ccc([N+](=O)[O-])cc1)C(=O)NCC(=O)OC(C)(C)C. The highest BCUT2D eigenvalue weighted by atomic mass is 79.9. The summed E-state index contributed by atoms with van der Waals surface area (Å²) in [6.45, 7) is 5.70. The summed E-state index contributed by atoms with van der Waals surface area (Å²) in [7, 11) is -4.44. The van der Waals surface area contributed by atoms with Crippen LogP contribution in [0.25, 0.3) is 0 Å². The molecule has 2 aromatic carbocycles. The van der Waals surface area contributed by atoms with Gasteiger partial charge in [-0.15, -0.1) is 6.42 Å². The number of terminal acetylenes is 1. The van der Waals surface area contributed by atoms with Gasteiger partial charge in [0.2, 0.25) is 15.9 Å². The number of nitrogens with zero attached hydrogens (tertiary/aromatic N) is 1. The van der Waals surface area contributed by atoms with Crippen molar-refractivity contribution in [1.82, 2.24) is 10.0 Å². The number of carbonyl (C=O) groups is 2. The Kier molecular flexibility index (Phi) is 9.43. The van der Waals surface area contributed by atoms with Crippen molar-refractivity contribution in [2.24, 2.45) is 0 Å². The van der Waals surface area contributed by atoms with E-state index < -0.39 is 50.6 Å². The highest BCUT2D eigenvalue weighted by Gasteiger charge is 2.43. The minimum absolute atomic E-state index is 0.239. The van der Waals surface area contributed by atoms with Crippen LogP contribution in [0.1, 0.15) is 27.7 Å². The Morgan fingerprint density at radius 1 is 1.11 bits per heavy atom. The molecule has 0 aromatic heterocycles. The Morgan fingerprint density at radius 3 is 2.16 bits per heavy atom. The van der Waals surface area contributed by atoms with Crippen molar-refractivity contribution in [3.8, 4) is 18.1 Å². The largest absolute Gasteiger partial charge is 0.473 e. The van der Waals surface area contributed by atoms with Gasteiger partial charge in [-0.05, 0) is 64.1 Å². The van der Waals surface area contributed by atoms with Crippen molar-refractivity contribution in [3.05, 3.63) is 63.1 Å². The lowest BCUT2D eigenvalue weighted by molar-refractivity contribution is -0.384. The van der Waals surface area contributed by atoms with Gasteiger partial charge in [0.15, 0.2) is 11.6 Å². The number of hydrogen-bond donors (Lipinski definition) is 2. The van der Waals surface area contributed by atoms with Crippen LogP contribution in [0.5, 0.6) is 5.75 Å². The number of rotatable bonds is 10. The number of non-ortho nitro benzene ring substituents is 1. The minimum Gasteiger partial charge on any atom is -0.473 e. The van der Waals surface area contributed by atoms with Crippen molar-refractivity contribution in [2.75, 3.05) is 6.54 Å². The van der Waals surface area contributed by atoms with E-state index in [9.17, 15) is 28.1 Å². The van der Waals surface area contributed by atoms with Gasteiger partial charge in [-0.3, -0.25) is 19.7 Å². The fourth-order valence-corrected chi connectivity index (χ4v) is 4.48. The van der Waals surface area contributed by atoms with Crippen molar-refractivity contribution >= 4 is 43.5 Å². The molecule has 13 heteroatoms. The quantitative estimate of drug-likeness (QED) is 0.184. The average molecular weight is 596 g/mol. The molecule has 0 aliphatic rings. The summed E-state index contributed by atoms with van der Waals surface area (Å²) in [5.74, 6) is 0.839. The van der Waals surface area contributed by atoms with E-state index in [1.165, 1.54) is 6.92 Å². The monoisotopic (exact) mass is 595 g/mol. The third-order valence-corrected chi connectivity index (χ3v) is 6.67. The zero-order valence-corrected chi connectivity index (χ0v) is 22.9. The molecule has 1 amide bonds. The molecule has 0 aliphatic heterocycles. The van der Waals surface area contributed by atoms with Crippen molar-refractivity contribution < 1.29 is 32.4 Å². The first kappa shape index (κ1) is 29.8. The number of nitro benzene ring substituents is 1. The van der Waals surface area contributed by atoms with E-state index in [2.05, 4.69) is 31.9 Å². The number of ether oxygens (including phenoxy) is 2. The van der Waals surface area contributed by atoms with E-state index >= 15 is 0 Å². The van der Waals surface area contributed by atoms with Gasteiger partial charge >= 0.3 is 5.97 Å². The third-order valence-electron chi connectivity index (χ3n) is 4.70. The number of esters is 1. The van der Waals surface area contributed by atoms with Gasteiger partial charge in [0.1, 0.15) is 17.9 Å². The lowest BCUT2D eigenvalue weighted by Gasteiger charge is -2.33. The van der Waals surface area contributed by atoms with Gasteiger partial charge in [-0.1, -0.05) is 21.9 Å². The highest BCUT2D eigenvalue weighted by molar-refractivity contribution is 9.10. The molecule has 2 rings (SSSR count). The molecule has 0 saturated heterocycles. The standard InChI is InChI=1S/C24H26BrN3O8S/c1-6-24(5,35-18-11-7-16(25)8-12-18)21(22(30)26-15-20(29)36-23(2,3)4)27-37(33,34)19-13-9-17(10-14-19)28(31)32/h1,7-14,21,27H,15H2,2-5H3,(H,26,30)/t21-,24-/m1/s1. The van der Waals surface area contributed by atoms with Gasteiger partial charge < -0.3 is 14.8 Å². The summed E-state index contributed by atoms with van der Waals surface area (Å²) in [6.07, 6.45) is 5.71. The minimum atomic E-state index is -4.44.